The van der Waals surface area contributed by atoms with Crippen molar-refractivity contribution in [3.8, 4) is 22.3 Å². The standard InChI is InChI=1S/C28H28N4O/c1-16-12-20(4-5-22(16)19-8-10-30-11-9-19)21-13-25-26(15-32-28(25)31-14-21)23-6-7-24(27(29)33)18(3)17(23)2/h4-8,12-15,30H,9-11H2,1-3H3,(H2,29,33)(H,31,32). The molecule has 0 bridgehead atoms. The van der Waals surface area contributed by atoms with Crippen LogP contribution >= 0.6 is 0 Å². The largest absolute Gasteiger partial charge is 0.366 e. The minimum Gasteiger partial charge on any atom is -0.366 e. The molecular weight excluding hydrogens is 408 g/mol. The van der Waals surface area contributed by atoms with Crippen LogP contribution in [-0.4, -0.2) is 29.0 Å². The number of H-pyrrole nitrogens is 1. The third-order valence-electron chi connectivity index (χ3n) is 6.84. The summed E-state index contributed by atoms with van der Waals surface area (Å²) in [6, 6.07) is 12.7. The minimum atomic E-state index is -0.399. The Balaban J connectivity index is 1.57. The van der Waals surface area contributed by atoms with E-state index in [4.69, 9.17) is 10.7 Å². The summed E-state index contributed by atoms with van der Waals surface area (Å²) in [5, 5.41) is 4.44. The van der Waals surface area contributed by atoms with E-state index < -0.39 is 5.91 Å². The first-order chi connectivity index (χ1) is 15.9. The van der Waals surface area contributed by atoms with Gasteiger partial charge in [-0.25, -0.2) is 4.98 Å². The van der Waals surface area contributed by atoms with Gasteiger partial charge in [0.25, 0.3) is 0 Å². The molecule has 4 aromatic rings. The zero-order valence-corrected chi connectivity index (χ0v) is 19.3. The maximum Gasteiger partial charge on any atom is 0.248 e. The van der Waals surface area contributed by atoms with Crippen molar-refractivity contribution in [2.45, 2.75) is 27.2 Å². The van der Waals surface area contributed by atoms with Crippen LogP contribution in [0.25, 0.3) is 38.9 Å². The number of carbonyl (C=O) groups excluding carboxylic acids is 1. The van der Waals surface area contributed by atoms with Crippen LogP contribution in [0, 0.1) is 20.8 Å². The van der Waals surface area contributed by atoms with E-state index >= 15 is 0 Å². The van der Waals surface area contributed by atoms with E-state index in [1.807, 2.05) is 38.4 Å². The molecule has 33 heavy (non-hydrogen) atoms. The van der Waals surface area contributed by atoms with Gasteiger partial charge < -0.3 is 16.0 Å². The normalized spacial score (nSPS) is 13.8. The monoisotopic (exact) mass is 436 g/mol. The van der Waals surface area contributed by atoms with Gasteiger partial charge in [-0.15, -0.1) is 0 Å². The maximum absolute atomic E-state index is 11.7. The fourth-order valence-corrected chi connectivity index (χ4v) is 4.83. The predicted molar refractivity (Wildman–Crippen MR) is 135 cm³/mol. The number of nitrogens with zero attached hydrogens (tertiary/aromatic N) is 1. The third-order valence-corrected chi connectivity index (χ3v) is 6.84. The number of fused-ring (bicyclic) bond motifs is 1. The lowest BCUT2D eigenvalue weighted by molar-refractivity contribution is 0.0999. The van der Waals surface area contributed by atoms with Gasteiger partial charge in [0.1, 0.15) is 5.65 Å². The quantitative estimate of drug-likeness (QED) is 0.406. The number of aromatic amines is 1. The Morgan fingerprint density at radius 2 is 1.79 bits per heavy atom. The molecule has 0 atom stereocenters. The first-order valence-corrected chi connectivity index (χ1v) is 11.3. The summed E-state index contributed by atoms with van der Waals surface area (Å²) < 4.78 is 0. The number of nitrogens with one attached hydrogen (secondary N) is 2. The predicted octanol–water partition coefficient (Wildman–Crippen LogP) is 5.30. The second kappa shape index (κ2) is 8.34. The van der Waals surface area contributed by atoms with E-state index in [9.17, 15) is 4.79 Å². The molecule has 0 saturated carbocycles. The number of hydrogen-bond acceptors (Lipinski definition) is 3. The molecule has 0 radical (unpaired) electrons. The highest BCUT2D eigenvalue weighted by Gasteiger charge is 2.16. The summed E-state index contributed by atoms with van der Waals surface area (Å²) in [7, 11) is 0. The van der Waals surface area contributed by atoms with Crippen LogP contribution in [0.2, 0.25) is 0 Å². The molecule has 1 aliphatic heterocycles. The van der Waals surface area contributed by atoms with Crippen molar-refractivity contribution in [1.82, 2.24) is 15.3 Å². The lowest BCUT2D eigenvalue weighted by Crippen LogP contribution is -2.20. The van der Waals surface area contributed by atoms with Gasteiger partial charge in [-0.3, -0.25) is 4.79 Å². The average molecular weight is 437 g/mol. The number of aryl methyl sites for hydroxylation is 1. The van der Waals surface area contributed by atoms with Gasteiger partial charge in [-0.05, 0) is 84.8 Å². The molecular formula is C28H28N4O. The number of primary amides is 1. The summed E-state index contributed by atoms with van der Waals surface area (Å²) >= 11 is 0. The molecule has 1 aliphatic rings. The summed E-state index contributed by atoms with van der Waals surface area (Å²) in [6.45, 7) is 8.13. The molecule has 1 amide bonds. The minimum absolute atomic E-state index is 0.399. The van der Waals surface area contributed by atoms with Crippen molar-refractivity contribution in [3.63, 3.8) is 0 Å². The van der Waals surface area contributed by atoms with Gasteiger partial charge >= 0.3 is 0 Å². The van der Waals surface area contributed by atoms with Crippen LogP contribution in [0.4, 0.5) is 0 Å². The summed E-state index contributed by atoms with van der Waals surface area (Å²) in [4.78, 5) is 19.7. The van der Waals surface area contributed by atoms with E-state index in [-0.39, 0.29) is 0 Å². The second-order valence-electron chi connectivity index (χ2n) is 8.81. The molecule has 0 fully saturated rings. The van der Waals surface area contributed by atoms with Crippen molar-refractivity contribution in [3.05, 3.63) is 82.7 Å². The van der Waals surface area contributed by atoms with Gasteiger partial charge in [0.15, 0.2) is 0 Å². The Hall–Kier alpha value is -3.70. The van der Waals surface area contributed by atoms with Crippen molar-refractivity contribution in [1.29, 1.82) is 0 Å². The Bertz CT molecular complexity index is 1430. The molecule has 3 heterocycles. The first-order valence-electron chi connectivity index (χ1n) is 11.3. The number of rotatable bonds is 4. The fourth-order valence-electron chi connectivity index (χ4n) is 4.83. The molecule has 0 aliphatic carbocycles. The SMILES string of the molecule is Cc1cc(-c2cnc3[nH]cc(-c4ccc(C(N)=O)c(C)c4C)c3c2)ccc1C1=CCNCC1. The Morgan fingerprint density at radius 1 is 0.970 bits per heavy atom. The lowest BCUT2D eigenvalue weighted by atomic mass is 9.92. The Labute approximate surface area is 193 Å². The smallest absolute Gasteiger partial charge is 0.248 e. The number of carbonyl (C=O) groups is 1. The topological polar surface area (TPSA) is 83.8 Å². The zero-order valence-electron chi connectivity index (χ0n) is 19.3. The van der Waals surface area contributed by atoms with E-state index in [1.165, 1.54) is 16.7 Å². The van der Waals surface area contributed by atoms with Gasteiger partial charge in [0, 0.05) is 41.0 Å². The summed E-state index contributed by atoms with van der Waals surface area (Å²) in [5.41, 5.74) is 17.3. The number of pyridine rings is 1. The van der Waals surface area contributed by atoms with Crippen LogP contribution in [-0.2, 0) is 0 Å². The van der Waals surface area contributed by atoms with E-state index in [0.717, 1.165) is 63.9 Å². The average Bonchev–Trinajstić information content (AvgIpc) is 3.24. The highest BCUT2D eigenvalue weighted by molar-refractivity contribution is 5.99. The fraction of sp³-hybridized carbons (Fsp3) is 0.214. The molecule has 0 unspecified atom stereocenters. The Morgan fingerprint density at radius 3 is 2.52 bits per heavy atom. The highest BCUT2D eigenvalue weighted by Crippen LogP contribution is 2.35. The molecule has 2 aromatic heterocycles. The Kier molecular flexibility index (Phi) is 5.35. The molecule has 4 N–H and O–H groups in total. The van der Waals surface area contributed by atoms with Crippen molar-refractivity contribution in [2.75, 3.05) is 13.1 Å². The van der Waals surface area contributed by atoms with Crippen LogP contribution in [0.5, 0.6) is 0 Å². The van der Waals surface area contributed by atoms with Gasteiger partial charge in [-0.1, -0.05) is 30.3 Å². The van der Waals surface area contributed by atoms with Crippen LogP contribution in [0.1, 0.15) is 39.0 Å². The van der Waals surface area contributed by atoms with E-state index in [2.05, 4.69) is 47.6 Å². The number of amides is 1. The molecule has 166 valence electrons. The van der Waals surface area contributed by atoms with Crippen molar-refractivity contribution in [2.24, 2.45) is 5.73 Å². The molecule has 5 nitrogen and oxygen atoms in total. The molecule has 5 rings (SSSR count). The van der Waals surface area contributed by atoms with Crippen molar-refractivity contribution < 1.29 is 4.79 Å². The van der Waals surface area contributed by atoms with Crippen molar-refractivity contribution >= 4 is 22.5 Å². The van der Waals surface area contributed by atoms with Gasteiger partial charge in [0.05, 0.1) is 0 Å². The third kappa shape index (κ3) is 3.74. The van der Waals surface area contributed by atoms with Crippen LogP contribution in [0.15, 0.2) is 54.9 Å². The molecule has 0 saturated heterocycles. The highest BCUT2D eigenvalue weighted by atomic mass is 16.1. The molecule has 0 spiro atoms. The second-order valence-corrected chi connectivity index (χ2v) is 8.81. The lowest BCUT2D eigenvalue weighted by Gasteiger charge is -2.17. The summed E-state index contributed by atoms with van der Waals surface area (Å²) in [6.07, 6.45) is 7.27. The van der Waals surface area contributed by atoms with Crippen LogP contribution < -0.4 is 11.1 Å². The van der Waals surface area contributed by atoms with Gasteiger partial charge in [0.2, 0.25) is 5.91 Å². The van der Waals surface area contributed by atoms with Crippen LogP contribution in [0.3, 0.4) is 0 Å². The summed E-state index contributed by atoms with van der Waals surface area (Å²) in [5.74, 6) is -0.399. The zero-order chi connectivity index (χ0) is 23.1. The van der Waals surface area contributed by atoms with E-state index in [1.54, 1.807) is 0 Å². The number of hydrogen-bond donors (Lipinski definition) is 3. The van der Waals surface area contributed by atoms with E-state index in [0.29, 0.717) is 5.56 Å². The maximum atomic E-state index is 11.7. The number of nitrogens with two attached hydrogens (primary N) is 1. The molecule has 2 aromatic carbocycles. The first kappa shape index (κ1) is 21.2. The molecule has 5 heteroatoms. The van der Waals surface area contributed by atoms with Gasteiger partial charge in [-0.2, -0.15) is 0 Å². The number of benzene rings is 2. The number of aromatic nitrogens is 2.